The van der Waals surface area contributed by atoms with Gasteiger partial charge in [-0.15, -0.1) is 0 Å². The molecule has 0 radical (unpaired) electrons. The Bertz CT molecular complexity index is 430. The molecule has 18 heavy (non-hydrogen) atoms. The van der Waals surface area contributed by atoms with Crippen molar-refractivity contribution >= 4 is 11.6 Å². The van der Waals surface area contributed by atoms with Gasteiger partial charge in [-0.25, -0.2) is 4.39 Å². The molecule has 1 aliphatic heterocycles. The molecule has 1 amide bonds. The lowest BCUT2D eigenvalue weighted by Gasteiger charge is -2.26. The fourth-order valence-electron chi connectivity index (χ4n) is 2.00. The van der Waals surface area contributed by atoms with Crippen molar-refractivity contribution in [3.63, 3.8) is 0 Å². The van der Waals surface area contributed by atoms with Crippen LogP contribution in [0.5, 0.6) is 0 Å². The zero-order valence-corrected chi connectivity index (χ0v) is 10.5. The fourth-order valence-corrected chi connectivity index (χ4v) is 2.00. The summed E-state index contributed by atoms with van der Waals surface area (Å²) in [5.41, 5.74) is 1.03. The number of hydrogen-bond acceptors (Lipinski definition) is 3. The quantitative estimate of drug-likeness (QED) is 0.841. The molecule has 1 heterocycles. The number of nitrogens with zero attached hydrogens (tertiary/aromatic N) is 1. The molecule has 0 aromatic heterocycles. The van der Waals surface area contributed by atoms with E-state index in [0.29, 0.717) is 17.8 Å². The molecule has 0 aliphatic carbocycles. The molecule has 0 atom stereocenters. The predicted molar refractivity (Wildman–Crippen MR) is 69.1 cm³/mol. The van der Waals surface area contributed by atoms with Crippen LogP contribution in [0.25, 0.3) is 0 Å². The van der Waals surface area contributed by atoms with Gasteiger partial charge < -0.3 is 10.6 Å². The number of carbonyl (C=O) groups excluding carboxylic acids is 1. The molecule has 98 valence electrons. The lowest BCUT2D eigenvalue weighted by Crippen LogP contribution is -2.46. The number of rotatable bonds is 3. The maximum absolute atomic E-state index is 13.3. The number of piperazine rings is 1. The van der Waals surface area contributed by atoms with E-state index in [9.17, 15) is 9.18 Å². The second-order valence-electron chi connectivity index (χ2n) is 4.49. The van der Waals surface area contributed by atoms with Gasteiger partial charge in [-0.1, -0.05) is 6.07 Å². The average molecular weight is 251 g/mol. The smallest absolute Gasteiger partial charge is 0.238 e. The number of amides is 1. The normalized spacial score (nSPS) is 16.6. The van der Waals surface area contributed by atoms with Gasteiger partial charge in [0.1, 0.15) is 5.82 Å². The molecule has 0 spiro atoms. The lowest BCUT2D eigenvalue weighted by atomic mass is 10.2. The summed E-state index contributed by atoms with van der Waals surface area (Å²) >= 11 is 0. The monoisotopic (exact) mass is 251 g/mol. The van der Waals surface area contributed by atoms with E-state index in [-0.39, 0.29) is 11.7 Å². The number of hydrogen-bond donors (Lipinski definition) is 2. The van der Waals surface area contributed by atoms with Crippen LogP contribution in [0.2, 0.25) is 0 Å². The highest BCUT2D eigenvalue weighted by molar-refractivity contribution is 5.92. The molecule has 1 saturated heterocycles. The topological polar surface area (TPSA) is 44.4 Å². The van der Waals surface area contributed by atoms with Crippen LogP contribution < -0.4 is 10.6 Å². The third-order valence-electron chi connectivity index (χ3n) is 3.12. The summed E-state index contributed by atoms with van der Waals surface area (Å²) in [5.74, 6) is -0.388. The van der Waals surface area contributed by atoms with Crippen LogP contribution in [0, 0.1) is 12.7 Å². The molecule has 1 aromatic carbocycles. The van der Waals surface area contributed by atoms with Crippen molar-refractivity contribution in [3.05, 3.63) is 29.6 Å². The van der Waals surface area contributed by atoms with Crippen molar-refractivity contribution in [1.82, 2.24) is 10.2 Å². The van der Waals surface area contributed by atoms with E-state index in [1.54, 1.807) is 19.1 Å². The second kappa shape index (κ2) is 5.93. The zero-order valence-electron chi connectivity index (χ0n) is 10.5. The molecule has 1 aromatic rings. The molecule has 5 heteroatoms. The van der Waals surface area contributed by atoms with Crippen molar-refractivity contribution in [2.45, 2.75) is 6.92 Å². The molecule has 1 aliphatic rings. The Hall–Kier alpha value is -1.46. The molecular weight excluding hydrogens is 233 g/mol. The lowest BCUT2D eigenvalue weighted by molar-refractivity contribution is -0.117. The van der Waals surface area contributed by atoms with Crippen LogP contribution in [-0.2, 0) is 4.79 Å². The molecule has 4 nitrogen and oxygen atoms in total. The van der Waals surface area contributed by atoms with Gasteiger partial charge in [-0.05, 0) is 19.1 Å². The molecule has 0 saturated carbocycles. The van der Waals surface area contributed by atoms with Gasteiger partial charge in [0.15, 0.2) is 0 Å². The van der Waals surface area contributed by atoms with Crippen molar-refractivity contribution in [3.8, 4) is 0 Å². The van der Waals surface area contributed by atoms with Gasteiger partial charge in [0.25, 0.3) is 0 Å². The SMILES string of the molecule is Cc1c(F)cccc1NC(=O)CN1CCNCC1. The summed E-state index contributed by atoms with van der Waals surface area (Å²) in [5, 5.41) is 5.99. The maximum Gasteiger partial charge on any atom is 0.238 e. The average Bonchev–Trinajstić information content (AvgIpc) is 2.36. The van der Waals surface area contributed by atoms with E-state index in [1.807, 2.05) is 0 Å². The maximum atomic E-state index is 13.3. The van der Waals surface area contributed by atoms with Crippen molar-refractivity contribution < 1.29 is 9.18 Å². The van der Waals surface area contributed by atoms with Crippen LogP contribution >= 0.6 is 0 Å². The van der Waals surface area contributed by atoms with Crippen LogP contribution in [-0.4, -0.2) is 43.5 Å². The summed E-state index contributed by atoms with van der Waals surface area (Å²) in [4.78, 5) is 13.9. The van der Waals surface area contributed by atoms with Gasteiger partial charge in [0.05, 0.1) is 6.54 Å². The minimum absolute atomic E-state index is 0.0920. The minimum atomic E-state index is -0.296. The number of carbonyl (C=O) groups is 1. The highest BCUT2D eigenvalue weighted by Gasteiger charge is 2.14. The Morgan fingerprint density at radius 2 is 2.17 bits per heavy atom. The summed E-state index contributed by atoms with van der Waals surface area (Å²) < 4.78 is 13.3. The summed E-state index contributed by atoms with van der Waals surface area (Å²) in [6, 6.07) is 4.71. The first-order valence-electron chi connectivity index (χ1n) is 6.15. The van der Waals surface area contributed by atoms with Crippen molar-refractivity contribution in [1.29, 1.82) is 0 Å². The summed E-state index contributed by atoms with van der Waals surface area (Å²) in [6.07, 6.45) is 0. The van der Waals surface area contributed by atoms with Crippen LogP contribution in [0.4, 0.5) is 10.1 Å². The number of benzene rings is 1. The molecule has 0 unspecified atom stereocenters. The number of halogens is 1. The van der Waals surface area contributed by atoms with Crippen LogP contribution in [0.15, 0.2) is 18.2 Å². The predicted octanol–water partition coefficient (Wildman–Crippen LogP) is 0.978. The van der Waals surface area contributed by atoms with Gasteiger partial charge in [0.2, 0.25) is 5.91 Å². The van der Waals surface area contributed by atoms with Gasteiger partial charge >= 0.3 is 0 Å². The summed E-state index contributed by atoms with van der Waals surface area (Å²) in [7, 11) is 0. The third kappa shape index (κ3) is 3.27. The first-order valence-corrected chi connectivity index (χ1v) is 6.15. The highest BCUT2D eigenvalue weighted by Crippen LogP contribution is 2.17. The van der Waals surface area contributed by atoms with Crippen molar-refractivity contribution in [2.24, 2.45) is 0 Å². The van der Waals surface area contributed by atoms with E-state index in [2.05, 4.69) is 15.5 Å². The van der Waals surface area contributed by atoms with Crippen molar-refractivity contribution in [2.75, 3.05) is 38.0 Å². The molecule has 2 N–H and O–H groups in total. The van der Waals surface area contributed by atoms with E-state index < -0.39 is 0 Å². The Kier molecular flexibility index (Phi) is 4.28. The summed E-state index contributed by atoms with van der Waals surface area (Å²) in [6.45, 7) is 5.58. The second-order valence-corrected chi connectivity index (χ2v) is 4.49. The van der Waals surface area contributed by atoms with Gasteiger partial charge in [-0.2, -0.15) is 0 Å². The van der Waals surface area contributed by atoms with Crippen LogP contribution in [0.1, 0.15) is 5.56 Å². The van der Waals surface area contributed by atoms with E-state index in [4.69, 9.17) is 0 Å². The minimum Gasteiger partial charge on any atom is -0.325 e. The molecule has 0 bridgehead atoms. The Morgan fingerprint density at radius 1 is 1.44 bits per heavy atom. The third-order valence-corrected chi connectivity index (χ3v) is 3.12. The first kappa shape index (κ1) is 13.0. The van der Waals surface area contributed by atoms with Crippen LogP contribution in [0.3, 0.4) is 0 Å². The fraction of sp³-hybridized carbons (Fsp3) is 0.462. The van der Waals surface area contributed by atoms with E-state index in [0.717, 1.165) is 26.2 Å². The largest absolute Gasteiger partial charge is 0.325 e. The standard InChI is InChI=1S/C13H18FN3O/c1-10-11(14)3-2-4-12(10)16-13(18)9-17-7-5-15-6-8-17/h2-4,15H,5-9H2,1H3,(H,16,18). The van der Waals surface area contributed by atoms with Gasteiger partial charge in [0, 0.05) is 37.4 Å². The Morgan fingerprint density at radius 3 is 2.89 bits per heavy atom. The van der Waals surface area contributed by atoms with Gasteiger partial charge in [-0.3, -0.25) is 9.69 Å². The van der Waals surface area contributed by atoms with E-state index in [1.165, 1.54) is 6.07 Å². The molecule has 2 rings (SSSR count). The number of anilines is 1. The molecular formula is C13H18FN3O. The van der Waals surface area contributed by atoms with E-state index >= 15 is 0 Å². The zero-order chi connectivity index (χ0) is 13.0. The number of nitrogens with one attached hydrogen (secondary N) is 2. The Balaban J connectivity index is 1.92. The molecule has 1 fully saturated rings. The Labute approximate surface area is 106 Å². The first-order chi connectivity index (χ1) is 8.66. The highest BCUT2D eigenvalue weighted by atomic mass is 19.1.